The van der Waals surface area contributed by atoms with Crippen molar-refractivity contribution in [2.24, 2.45) is 9.49 Å². The van der Waals surface area contributed by atoms with E-state index < -0.39 is 14.1 Å². The molecule has 8 aromatic carbocycles. The van der Waals surface area contributed by atoms with E-state index in [1.807, 2.05) is 0 Å². The van der Waals surface area contributed by atoms with Crippen LogP contribution in [0.2, 0.25) is 0 Å². The van der Waals surface area contributed by atoms with Crippen molar-refractivity contribution in [1.82, 2.24) is 0 Å². The van der Waals surface area contributed by atoms with Gasteiger partial charge in [0.2, 0.25) is 0 Å². The Morgan fingerprint density at radius 2 is 0.557 bits per heavy atom. The molecular formula is C66H68N2P2. The number of hydrogen-bond acceptors (Lipinski definition) is 2. The van der Waals surface area contributed by atoms with Crippen molar-refractivity contribution in [3.8, 4) is 0 Å². The van der Waals surface area contributed by atoms with Crippen molar-refractivity contribution in [2.75, 3.05) is 0 Å². The van der Waals surface area contributed by atoms with Crippen molar-refractivity contribution in [3.63, 3.8) is 0 Å². The molecule has 2 aliphatic rings. The minimum absolute atomic E-state index is 0.394. The molecule has 0 atom stereocenters. The third kappa shape index (κ3) is 9.38. The van der Waals surface area contributed by atoms with Crippen LogP contribution in [0.15, 0.2) is 228 Å². The van der Waals surface area contributed by atoms with Crippen LogP contribution in [0.1, 0.15) is 124 Å². The summed E-state index contributed by atoms with van der Waals surface area (Å²) < 4.78 is 12.0. The molecule has 0 saturated heterocycles. The first-order chi connectivity index (χ1) is 34.0. The molecule has 0 heterocycles. The van der Waals surface area contributed by atoms with E-state index in [0.717, 1.165) is 12.8 Å². The molecule has 0 saturated carbocycles. The van der Waals surface area contributed by atoms with E-state index in [1.54, 1.807) is 0 Å². The highest BCUT2D eigenvalue weighted by Gasteiger charge is 2.36. The Hall–Kier alpha value is -6.30. The fraction of sp³-hybridized carbons (Fsp3) is 0.212. The molecule has 0 radical (unpaired) electrons. The molecule has 0 bridgehead atoms. The summed E-state index contributed by atoms with van der Waals surface area (Å²) >= 11 is 0. The summed E-state index contributed by atoms with van der Waals surface area (Å²) in [7, 11) is -4.70. The van der Waals surface area contributed by atoms with Crippen LogP contribution in [0.25, 0.3) is 10.6 Å². The van der Waals surface area contributed by atoms with Crippen LogP contribution < -0.4 is 21.2 Å². The zero-order valence-electron chi connectivity index (χ0n) is 42.3. The second kappa shape index (κ2) is 21.4. The number of fused-ring (bicyclic) bond motifs is 2. The maximum Gasteiger partial charge on any atom is 0.0694 e. The molecule has 0 spiro atoms. The average molecular weight is 951 g/mol. The second-order valence-corrected chi connectivity index (χ2v) is 25.9. The molecule has 0 fully saturated rings. The lowest BCUT2D eigenvalue weighted by atomic mass is 9.93. The van der Waals surface area contributed by atoms with Crippen LogP contribution in [0.5, 0.6) is 0 Å². The quantitative estimate of drug-likeness (QED) is 0.109. The van der Waals surface area contributed by atoms with Crippen molar-refractivity contribution in [1.29, 1.82) is 0 Å². The van der Waals surface area contributed by atoms with Crippen LogP contribution in [0.3, 0.4) is 0 Å². The van der Waals surface area contributed by atoms with Crippen molar-refractivity contribution < 1.29 is 0 Å². The smallest absolute Gasteiger partial charge is 0.0694 e. The molecule has 2 nitrogen and oxygen atoms in total. The fourth-order valence-electron chi connectivity index (χ4n) is 10.5. The van der Waals surface area contributed by atoms with Gasteiger partial charge in [-0.3, -0.25) is 9.49 Å². The maximum atomic E-state index is 6.00. The molecule has 0 amide bonds. The van der Waals surface area contributed by atoms with Gasteiger partial charge < -0.3 is 0 Å². The van der Waals surface area contributed by atoms with E-state index >= 15 is 0 Å². The van der Waals surface area contributed by atoms with Crippen LogP contribution in [-0.4, -0.2) is 0 Å². The first kappa shape index (κ1) is 48.7. The standard InChI is InChI=1S/2C33H34NP/c2*1-24(2)29-20-13-21-30(25(3)4)33(29)34-35(27-15-7-5-8-16-27,28-17-9-6-10-18-28)32-23-22-26-14-11-12-19-31(26)32/h2*5-21,23-25H,22H2,1-4H3. The highest BCUT2D eigenvalue weighted by Crippen LogP contribution is 2.65. The van der Waals surface area contributed by atoms with Crippen LogP contribution in [0.4, 0.5) is 11.4 Å². The molecule has 70 heavy (non-hydrogen) atoms. The van der Waals surface area contributed by atoms with Gasteiger partial charge in [0.1, 0.15) is 0 Å². The molecule has 0 N–H and O–H groups in total. The lowest BCUT2D eigenvalue weighted by Crippen LogP contribution is -2.17. The topological polar surface area (TPSA) is 24.7 Å². The Balaban J connectivity index is 0.000000174. The van der Waals surface area contributed by atoms with Crippen LogP contribution in [0, 0.1) is 0 Å². The summed E-state index contributed by atoms with van der Waals surface area (Å²) in [6, 6.07) is 75.4. The number of allylic oxidation sites excluding steroid dienone is 2. The van der Waals surface area contributed by atoms with E-state index in [1.165, 1.54) is 87.7 Å². The van der Waals surface area contributed by atoms with E-state index in [0.29, 0.717) is 23.7 Å². The number of nitrogens with zero attached hydrogens (tertiary/aromatic N) is 2. The second-order valence-electron chi connectivity index (χ2n) is 19.9. The monoisotopic (exact) mass is 950 g/mol. The predicted octanol–water partition coefficient (Wildman–Crippen LogP) is 18.0. The molecular weight excluding hydrogens is 883 g/mol. The Morgan fingerprint density at radius 1 is 0.300 bits per heavy atom. The molecule has 4 heteroatoms. The van der Waals surface area contributed by atoms with Gasteiger partial charge in [-0.1, -0.05) is 274 Å². The number of benzene rings is 8. The molecule has 0 aliphatic heterocycles. The molecule has 8 aromatic rings. The summed E-state index contributed by atoms with van der Waals surface area (Å²) in [5, 5.41) is 8.01. The van der Waals surface area contributed by atoms with Gasteiger partial charge in [0, 0.05) is 31.8 Å². The first-order valence-electron chi connectivity index (χ1n) is 25.3. The minimum Gasteiger partial charge on any atom is -0.253 e. The third-order valence-corrected chi connectivity index (χ3v) is 21.4. The summed E-state index contributed by atoms with van der Waals surface area (Å²) in [6.07, 6.45) is 6.83. The molecule has 2 aliphatic carbocycles. The Morgan fingerprint density at radius 3 is 0.829 bits per heavy atom. The van der Waals surface area contributed by atoms with Gasteiger partial charge in [-0.2, -0.15) is 0 Å². The molecule has 0 aromatic heterocycles. The van der Waals surface area contributed by atoms with Gasteiger partial charge in [0.25, 0.3) is 0 Å². The summed E-state index contributed by atoms with van der Waals surface area (Å²) in [5.41, 5.74) is 13.2. The van der Waals surface area contributed by atoms with Gasteiger partial charge in [0.05, 0.1) is 25.5 Å². The van der Waals surface area contributed by atoms with Gasteiger partial charge in [-0.05, 0) is 81.0 Å². The van der Waals surface area contributed by atoms with Crippen molar-refractivity contribution in [2.45, 2.75) is 91.9 Å². The van der Waals surface area contributed by atoms with Crippen molar-refractivity contribution in [3.05, 3.63) is 263 Å². The van der Waals surface area contributed by atoms with Gasteiger partial charge in [-0.25, -0.2) is 0 Å². The number of rotatable bonds is 12. The fourth-order valence-corrected chi connectivity index (χ4v) is 18.2. The lowest BCUT2D eigenvalue weighted by molar-refractivity contribution is 0.835. The zero-order valence-corrected chi connectivity index (χ0v) is 44.1. The van der Waals surface area contributed by atoms with E-state index in [4.69, 9.17) is 9.49 Å². The van der Waals surface area contributed by atoms with E-state index in [-0.39, 0.29) is 0 Å². The average Bonchev–Trinajstić information content (AvgIpc) is 4.04. The van der Waals surface area contributed by atoms with Crippen molar-refractivity contribution >= 4 is 57.3 Å². The normalized spacial score (nSPS) is 13.1. The largest absolute Gasteiger partial charge is 0.253 e. The molecule has 352 valence electrons. The Labute approximate surface area is 419 Å². The maximum absolute atomic E-state index is 6.00. The molecule has 10 rings (SSSR count). The van der Waals surface area contributed by atoms with Crippen LogP contribution in [-0.2, 0) is 12.8 Å². The number of hydrogen-bond donors (Lipinski definition) is 0. The Kier molecular flexibility index (Phi) is 14.9. The predicted molar refractivity (Wildman–Crippen MR) is 308 cm³/mol. The summed E-state index contributed by atoms with van der Waals surface area (Å²) in [4.78, 5) is 0. The lowest BCUT2D eigenvalue weighted by Gasteiger charge is -2.30. The molecule has 0 unspecified atom stereocenters. The van der Waals surface area contributed by atoms with Gasteiger partial charge >= 0.3 is 0 Å². The summed E-state index contributed by atoms with van der Waals surface area (Å²) in [6.45, 7) is 18.3. The van der Waals surface area contributed by atoms with Crippen LogP contribution >= 0.6 is 14.1 Å². The van der Waals surface area contributed by atoms with E-state index in [9.17, 15) is 0 Å². The first-order valence-corrected chi connectivity index (χ1v) is 28.8. The minimum atomic E-state index is -2.35. The van der Waals surface area contributed by atoms with E-state index in [2.05, 4.69) is 274 Å². The van der Waals surface area contributed by atoms with Gasteiger partial charge in [0.15, 0.2) is 0 Å². The van der Waals surface area contributed by atoms with Gasteiger partial charge in [-0.15, -0.1) is 0 Å². The highest BCUT2D eigenvalue weighted by molar-refractivity contribution is 7.90. The SMILES string of the molecule is CC(C)c1cccc(C(C)C)c1N=P(C1=CCc2ccccc21)(c1ccccc1)c1ccccc1.CC(C)c1cccc(C(C)C)c1N=P(C1=CCc2ccccc21)(c1ccccc1)c1ccccc1. The Bertz CT molecular complexity index is 2910. The highest BCUT2D eigenvalue weighted by atomic mass is 31.2. The zero-order chi connectivity index (χ0) is 48.8. The summed E-state index contributed by atoms with van der Waals surface area (Å²) in [5.74, 6) is 1.58. The third-order valence-electron chi connectivity index (χ3n) is 14.0.